The van der Waals surface area contributed by atoms with Gasteiger partial charge in [0.25, 0.3) is 0 Å². The molecule has 0 saturated carbocycles. The Morgan fingerprint density at radius 2 is 0.952 bits per heavy atom. The van der Waals surface area contributed by atoms with Gasteiger partial charge in [-0.15, -0.1) is 0 Å². The van der Waals surface area contributed by atoms with Crippen LogP contribution in [-0.4, -0.2) is 0 Å². The normalized spacial score (nSPS) is 15.3. The summed E-state index contributed by atoms with van der Waals surface area (Å²) in [5.74, 6) is 1.74. The van der Waals surface area contributed by atoms with Crippen LogP contribution in [0.2, 0.25) is 0 Å². The van der Waals surface area contributed by atoms with Gasteiger partial charge in [0, 0.05) is 33.1 Å². The van der Waals surface area contributed by atoms with Gasteiger partial charge in [0.05, 0.1) is 0 Å². The van der Waals surface area contributed by atoms with Crippen molar-refractivity contribution in [3.63, 3.8) is 0 Å². The second-order valence-corrected chi connectivity index (χ2v) is 17.5. The minimum atomic E-state index is 0.552. The maximum absolute atomic E-state index is 6.10. The van der Waals surface area contributed by atoms with Crippen LogP contribution in [0.4, 0.5) is 0 Å². The van der Waals surface area contributed by atoms with Crippen LogP contribution in [0.5, 0.6) is 11.5 Å². The molecule has 0 amide bonds. The van der Waals surface area contributed by atoms with Crippen molar-refractivity contribution >= 4 is 39.0 Å². The minimum absolute atomic E-state index is 0.552. The molecule has 2 nitrogen and oxygen atoms in total. The monoisotopic (exact) mass is 839 g/mol. The second-order valence-electron chi connectivity index (χ2n) is 15.4. The van der Waals surface area contributed by atoms with Gasteiger partial charge in [0.15, 0.2) is 0 Å². The lowest BCUT2D eigenvalue weighted by atomic mass is 9.94. The maximum Gasteiger partial charge on any atom is 0.239 e. The minimum Gasteiger partial charge on any atom is -0.489 e. The third-order valence-corrected chi connectivity index (χ3v) is 13.1. The third kappa shape index (κ3) is 11.0. The van der Waals surface area contributed by atoms with Gasteiger partial charge in [-0.2, -0.15) is 0 Å². The van der Waals surface area contributed by atoms with E-state index in [0.717, 1.165) is 41.9 Å². The molecule has 9 rings (SSSR count). The molecule has 0 saturated heterocycles. The van der Waals surface area contributed by atoms with E-state index in [4.69, 9.17) is 9.47 Å². The van der Waals surface area contributed by atoms with Gasteiger partial charge >= 0.3 is 0 Å². The van der Waals surface area contributed by atoms with Crippen molar-refractivity contribution < 1.29 is 9.47 Å². The van der Waals surface area contributed by atoms with Gasteiger partial charge in [-0.05, 0) is 124 Å². The molecule has 1 aromatic heterocycles. The molecule has 6 aromatic carbocycles. The Morgan fingerprint density at radius 1 is 0.468 bits per heavy atom. The number of hydrogen-bond acceptors (Lipinski definition) is 3. The first-order valence-electron chi connectivity index (χ1n) is 21.2. The van der Waals surface area contributed by atoms with Gasteiger partial charge in [-0.3, -0.25) is 0 Å². The SMILES string of the molecule is C1=C(/C=C/c2cc(-c3ccccc3)[s+]c(-c3ccc(OCc4ccccc4)cc3)c2)CCC/C1=C\C=C1/C=C(c2ccccc2)SC(c2ccc(OCc3ccccc3)cc2)=C1. The first-order valence-corrected chi connectivity index (χ1v) is 22.8. The summed E-state index contributed by atoms with van der Waals surface area (Å²) in [6, 6.07) is 63.6. The zero-order valence-corrected chi connectivity index (χ0v) is 36.2. The van der Waals surface area contributed by atoms with Gasteiger partial charge < -0.3 is 9.47 Å². The largest absolute Gasteiger partial charge is 0.489 e. The molecule has 0 spiro atoms. The average Bonchev–Trinajstić information content (AvgIpc) is 3.35. The molecule has 0 bridgehead atoms. The summed E-state index contributed by atoms with van der Waals surface area (Å²) in [4.78, 5) is 4.92. The third-order valence-electron chi connectivity index (χ3n) is 10.8. The van der Waals surface area contributed by atoms with E-state index in [-0.39, 0.29) is 0 Å². The Bertz CT molecular complexity index is 2780. The zero-order valence-electron chi connectivity index (χ0n) is 34.5. The molecule has 1 aliphatic heterocycles. The van der Waals surface area contributed by atoms with Gasteiger partial charge in [0.1, 0.15) is 24.7 Å². The number of thioether (sulfide) groups is 1. The molecule has 0 fully saturated rings. The Morgan fingerprint density at radius 3 is 1.52 bits per heavy atom. The molecular weight excluding hydrogens is 793 g/mol. The fraction of sp³-hybridized carbons (Fsp3) is 0.0862. The Kier molecular flexibility index (Phi) is 13.3. The first-order chi connectivity index (χ1) is 30.7. The van der Waals surface area contributed by atoms with Crippen LogP contribution >= 0.6 is 23.1 Å². The molecule has 2 heterocycles. The van der Waals surface area contributed by atoms with E-state index in [1.165, 1.54) is 64.1 Å². The van der Waals surface area contributed by atoms with E-state index in [1.54, 1.807) is 0 Å². The van der Waals surface area contributed by atoms with Crippen molar-refractivity contribution in [2.24, 2.45) is 0 Å². The second kappa shape index (κ2) is 20.2. The molecule has 1 aliphatic carbocycles. The number of rotatable bonds is 13. The maximum atomic E-state index is 6.10. The van der Waals surface area contributed by atoms with E-state index < -0.39 is 0 Å². The number of ether oxygens (including phenoxy) is 2. The van der Waals surface area contributed by atoms with E-state index in [0.29, 0.717) is 13.2 Å². The van der Waals surface area contributed by atoms with Crippen molar-refractivity contribution in [1.29, 1.82) is 0 Å². The highest BCUT2D eigenvalue weighted by Gasteiger charge is 2.19. The van der Waals surface area contributed by atoms with Crippen LogP contribution in [0.25, 0.3) is 36.8 Å². The fourth-order valence-electron chi connectivity index (χ4n) is 7.47. The van der Waals surface area contributed by atoms with Crippen LogP contribution in [0.15, 0.2) is 235 Å². The summed E-state index contributed by atoms with van der Waals surface area (Å²) in [5, 5.41) is 0. The van der Waals surface area contributed by atoms with Crippen LogP contribution in [0, 0.1) is 0 Å². The molecule has 4 heteroatoms. The summed E-state index contributed by atoms with van der Waals surface area (Å²) < 4.78 is 12.2. The van der Waals surface area contributed by atoms with Crippen molar-refractivity contribution in [2.75, 3.05) is 0 Å². The lowest BCUT2D eigenvalue weighted by molar-refractivity contribution is 0.306. The van der Waals surface area contributed by atoms with Crippen molar-refractivity contribution in [2.45, 2.75) is 32.5 Å². The van der Waals surface area contributed by atoms with E-state index >= 15 is 0 Å². The number of benzene rings is 6. The van der Waals surface area contributed by atoms with Gasteiger partial charge in [0.2, 0.25) is 21.1 Å². The van der Waals surface area contributed by atoms with Crippen LogP contribution < -0.4 is 9.47 Å². The predicted molar refractivity (Wildman–Crippen MR) is 265 cm³/mol. The zero-order chi connectivity index (χ0) is 41.8. The summed E-state index contributed by atoms with van der Waals surface area (Å²) in [7, 11) is 0. The lowest BCUT2D eigenvalue weighted by Crippen LogP contribution is -1.95. The van der Waals surface area contributed by atoms with E-state index in [9.17, 15) is 0 Å². The molecule has 0 atom stereocenters. The van der Waals surface area contributed by atoms with Gasteiger partial charge in [-0.25, -0.2) is 0 Å². The molecule has 302 valence electrons. The molecule has 62 heavy (non-hydrogen) atoms. The molecule has 0 N–H and O–H groups in total. The van der Waals surface area contributed by atoms with Crippen molar-refractivity contribution in [3.05, 3.63) is 263 Å². The van der Waals surface area contributed by atoms with E-state index in [2.05, 4.69) is 188 Å². The first kappa shape index (κ1) is 40.7. The lowest BCUT2D eigenvalue weighted by Gasteiger charge is -2.18. The topological polar surface area (TPSA) is 18.5 Å². The highest BCUT2D eigenvalue weighted by Crippen LogP contribution is 2.44. The van der Waals surface area contributed by atoms with Crippen LogP contribution in [0.3, 0.4) is 0 Å². The Hall–Kier alpha value is -6.72. The predicted octanol–water partition coefficient (Wildman–Crippen LogP) is 16.3. The summed E-state index contributed by atoms with van der Waals surface area (Å²) >= 11 is 3.64. The fourth-order valence-corrected chi connectivity index (χ4v) is 9.74. The van der Waals surface area contributed by atoms with E-state index in [1.807, 2.05) is 59.5 Å². The number of hydrogen-bond donors (Lipinski definition) is 0. The highest BCUT2D eigenvalue weighted by atomic mass is 32.2. The summed E-state index contributed by atoms with van der Waals surface area (Å²) in [5.41, 5.74) is 12.2. The van der Waals surface area contributed by atoms with Crippen molar-refractivity contribution in [1.82, 2.24) is 0 Å². The molecule has 0 radical (unpaired) electrons. The quantitative estimate of drug-likeness (QED) is 0.108. The van der Waals surface area contributed by atoms with Gasteiger partial charge in [-0.1, -0.05) is 163 Å². The number of allylic oxidation sites excluding steroid dienone is 9. The molecule has 2 aliphatic rings. The molecule has 7 aromatic rings. The van der Waals surface area contributed by atoms with Crippen LogP contribution in [-0.2, 0) is 13.2 Å². The molecular formula is C58H47O2S2+. The van der Waals surface area contributed by atoms with Crippen LogP contribution in [0.1, 0.15) is 47.1 Å². The molecule has 0 unspecified atom stereocenters. The Balaban J connectivity index is 0.946. The smallest absolute Gasteiger partial charge is 0.239 e. The standard InChI is InChI=1S/C58H47O2S2/c1-5-14-45(15-6-1)41-59-53-32-28-51(29-33-53)57-39-47(37-55(61-57)49-20-9-3-10-21-49)26-24-43-18-13-19-44(36-43)25-27-48-38-56(50-22-11-4-12-23-50)62-58(40-48)52-30-34-54(35-31-52)60-42-46-16-7-2-8-17-46/h1-12,14-17,20-40H,13,18-19,41-42H2/q+1. The van der Waals surface area contributed by atoms with Crippen molar-refractivity contribution in [3.8, 4) is 32.4 Å². The summed E-state index contributed by atoms with van der Waals surface area (Å²) in [6.45, 7) is 1.10. The Labute approximate surface area is 374 Å². The average molecular weight is 840 g/mol. The summed E-state index contributed by atoms with van der Waals surface area (Å²) in [6.07, 6.45) is 19.5. The highest BCUT2D eigenvalue weighted by molar-refractivity contribution is 8.16.